The van der Waals surface area contributed by atoms with Crippen molar-refractivity contribution in [1.29, 1.82) is 0 Å². The number of rotatable bonds is 2. The van der Waals surface area contributed by atoms with Gasteiger partial charge in [-0.05, 0) is 0 Å². The van der Waals surface area contributed by atoms with E-state index in [1.165, 1.54) is 0 Å². The Morgan fingerprint density at radius 3 is 1.64 bits per heavy atom. The molecule has 0 bridgehead atoms. The van der Waals surface area contributed by atoms with E-state index in [9.17, 15) is 0 Å². The number of nitrogens with zero attached hydrogens (tertiary/aromatic N) is 6. The van der Waals surface area contributed by atoms with Crippen LogP contribution in [0.5, 0.6) is 0 Å². The van der Waals surface area contributed by atoms with Gasteiger partial charge in [0, 0.05) is 38.9 Å². The zero-order chi connectivity index (χ0) is 9.97. The summed E-state index contributed by atoms with van der Waals surface area (Å²) in [6, 6.07) is 0. The van der Waals surface area contributed by atoms with Crippen molar-refractivity contribution in [2.75, 3.05) is 0 Å². The van der Waals surface area contributed by atoms with Gasteiger partial charge in [0.05, 0.1) is 0 Å². The third kappa shape index (κ3) is 1.54. The zero-order valence-electron chi connectivity index (χ0n) is 7.99. The minimum Gasteiger partial charge on any atom is -0.317 e. The maximum Gasteiger partial charge on any atom is 0.249 e. The Labute approximate surface area is 80.9 Å². The van der Waals surface area contributed by atoms with E-state index in [1.807, 2.05) is 26.5 Å². The Kier molecular flexibility index (Phi) is 2.10. The quantitative estimate of drug-likeness (QED) is 0.675. The highest BCUT2D eigenvalue weighted by Crippen LogP contribution is 2.12. The summed E-state index contributed by atoms with van der Waals surface area (Å²) in [5.41, 5.74) is 0. The Morgan fingerprint density at radius 1 is 0.929 bits per heavy atom. The van der Waals surface area contributed by atoms with E-state index >= 15 is 0 Å². The fourth-order valence-electron chi connectivity index (χ4n) is 0.998. The number of hydrogen-bond acceptors (Lipinski definition) is 4. The van der Waals surface area contributed by atoms with Crippen LogP contribution in [-0.4, -0.2) is 19.1 Å². The Hall–Kier alpha value is -1.98. The van der Waals surface area contributed by atoms with Gasteiger partial charge in [-0.2, -0.15) is 0 Å². The second kappa shape index (κ2) is 3.41. The van der Waals surface area contributed by atoms with Crippen LogP contribution in [-0.2, 0) is 14.1 Å². The topological polar surface area (TPSA) is 60.4 Å². The van der Waals surface area contributed by atoms with Gasteiger partial charge in [-0.3, -0.25) is 0 Å². The molecule has 72 valence electrons. The summed E-state index contributed by atoms with van der Waals surface area (Å²) in [4.78, 5) is 8.02. The fraction of sp³-hybridized carbons (Fsp3) is 0.250. The van der Waals surface area contributed by atoms with Crippen LogP contribution in [0.4, 0.5) is 11.9 Å². The molecule has 0 radical (unpaired) electrons. The van der Waals surface area contributed by atoms with Gasteiger partial charge in [0.2, 0.25) is 11.9 Å². The van der Waals surface area contributed by atoms with Gasteiger partial charge in [-0.1, -0.05) is 0 Å². The van der Waals surface area contributed by atoms with Gasteiger partial charge < -0.3 is 9.13 Å². The molecule has 0 aliphatic rings. The third-order valence-electron chi connectivity index (χ3n) is 1.82. The lowest BCUT2D eigenvalue weighted by atomic mass is 10.9. The van der Waals surface area contributed by atoms with E-state index in [0.29, 0.717) is 11.9 Å². The lowest BCUT2D eigenvalue weighted by Gasteiger charge is -1.93. The smallest absolute Gasteiger partial charge is 0.249 e. The Morgan fingerprint density at radius 2 is 1.36 bits per heavy atom. The van der Waals surface area contributed by atoms with Crippen LogP contribution in [0.1, 0.15) is 0 Å². The monoisotopic (exact) mass is 190 g/mol. The summed E-state index contributed by atoms with van der Waals surface area (Å²) < 4.78 is 3.57. The lowest BCUT2D eigenvalue weighted by Crippen LogP contribution is -1.84. The maximum atomic E-state index is 4.01. The van der Waals surface area contributed by atoms with Crippen LogP contribution in [0.3, 0.4) is 0 Å². The van der Waals surface area contributed by atoms with E-state index in [0.717, 1.165) is 0 Å². The van der Waals surface area contributed by atoms with Crippen molar-refractivity contribution < 1.29 is 0 Å². The first kappa shape index (κ1) is 8.61. The second-order valence-electron chi connectivity index (χ2n) is 2.88. The number of azo groups is 1. The van der Waals surface area contributed by atoms with Crippen LogP contribution in [0.25, 0.3) is 0 Å². The van der Waals surface area contributed by atoms with Crippen molar-refractivity contribution >= 4 is 11.9 Å². The molecule has 0 amide bonds. The van der Waals surface area contributed by atoms with Crippen molar-refractivity contribution in [1.82, 2.24) is 19.1 Å². The van der Waals surface area contributed by atoms with Crippen molar-refractivity contribution in [3.8, 4) is 0 Å². The number of imidazole rings is 2. The van der Waals surface area contributed by atoms with Gasteiger partial charge in [0.1, 0.15) is 0 Å². The van der Waals surface area contributed by atoms with Crippen LogP contribution >= 0.6 is 0 Å². The molecule has 2 rings (SSSR count). The van der Waals surface area contributed by atoms with E-state index in [-0.39, 0.29) is 0 Å². The van der Waals surface area contributed by atoms with E-state index in [4.69, 9.17) is 0 Å². The summed E-state index contributed by atoms with van der Waals surface area (Å²) in [6.45, 7) is 0. The SMILES string of the molecule is Cn1ccnc1/N=N\c1nccn1C. The van der Waals surface area contributed by atoms with Crippen LogP contribution < -0.4 is 0 Å². The van der Waals surface area contributed by atoms with E-state index in [2.05, 4.69) is 20.2 Å². The number of aromatic nitrogens is 4. The number of aryl methyl sites for hydroxylation is 2. The maximum absolute atomic E-state index is 4.01. The van der Waals surface area contributed by atoms with Crippen molar-refractivity contribution in [2.24, 2.45) is 24.3 Å². The highest BCUT2D eigenvalue weighted by atomic mass is 15.3. The normalized spacial score (nSPS) is 11.3. The molecule has 14 heavy (non-hydrogen) atoms. The van der Waals surface area contributed by atoms with Gasteiger partial charge in [-0.25, -0.2) is 9.97 Å². The summed E-state index contributed by atoms with van der Waals surface area (Å²) in [5, 5.41) is 7.93. The molecular formula is C8H10N6. The molecule has 6 heteroatoms. The molecule has 0 saturated carbocycles. The molecule has 0 N–H and O–H groups in total. The molecule has 2 aromatic heterocycles. The molecule has 0 aliphatic heterocycles. The predicted molar refractivity (Wildman–Crippen MR) is 50.6 cm³/mol. The molecule has 0 saturated heterocycles. The second-order valence-corrected chi connectivity index (χ2v) is 2.88. The third-order valence-corrected chi connectivity index (χ3v) is 1.82. The predicted octanol–water partition coefficient (Wildman–Crippen LogP) is 1.57. The highest BCUT2D eigenvalue weighted by Gasteiger charge is 1.97. The first-order valence-electron chi connectivity index (χ1n) is 4.14. The minimum absolute atomic E-state index is 0.563. The van der Waals surface area contributed by atoms with Gasteiger partial charge in [-0.15, -0.1) is 10.2 Å². The van der Waals surface area contributed by atoms with Crippen molar-refractivity contribution in [2.45, 2.75) is 0 Å². The Balaban J connectivity index is 2.23. The largest absolute Gasteiger partial charge is 0.317 e. The fourth-order valence-corrected chi connectivity index (χ4v) is 0.998. The first-order chi connectivity index (χ1) is 6.77. The molecular weight excluding hydrogens is 180 g/mol. The molecule has 0 aliphatic carbocycles. The molecule has 0 unspecified atom stereocenters. The van der Waals surface area contributed by atoms with Crippen LogP contribution in [0, 0.1) is 0 Å². The average molecular weight is 190 g/mol. The van der Waals surface area contributed by atoms with E-state index < -0.39 is 0 Å². The summed E-state index contributed by atoms with van der Waals surface area (Å²) in [7, 11) is 3.72. The minimum atomic E-state index is 0.563. The lowest BCUT2D eigenvalue weighted by molar-refractivity contribution is 0.861. The molecule has 2 heterocycles. The molecule has 0 aromatic carbocycles. The average Bonchev–Trinajstić information content (AvgIpc) is 2.72. The summed E-state index contributed by atoms with van der Waals surface area (Å²) >= 11 is 0. The first-order valence-corrected chi connectivity index (χ1v) is 4.14. The van der Waals surface area contributed by atoms with Crippen LogP contribution in [0.15, 0.2) is 35.0 Å². The standard InChI is InChI=1S/C8H10N6/c1-13-5-3-9-7(13)11-12-8-10-4-6-14(8)2/h3-6H,1-2H3/b12-11-. The molecule has 6 nitrogen and oxygen atoms in total. The molecule has 0 atom stereocenters. The Bertz CT molecular complexity index is 410. The van der Waals surface area contributed by atoms with E-state index in [1.54, 1.807) is 21.5 Å². The van der Waals surface area contributed by atoms with Gasteiger partial charge in [0.25, 0.3) is 0 Å². The van der Waals surface area contributed by atoms with Crippen molar-refractivity contribution in [3.05, 3.63) is 24.8 Å². The van der Waals surface area contributed by atoms with Crippen molar-refractivity contribution in [3.63, 3.8) is 0 Å². The highest BCUT2D eigenvalue weighted by molar-refractivity contribution is 5.19. The van der Waals surface area contributed by atoms with Gasteiger partial charge in [0.15, 0.2) is 0 Å². The molecule has 0 spiro atoms. The summed E-state index contributed by atoms with van der Waals surface area (Å²) in [6.07, 6.45) is 6.97. The summed E-state index contributed by atoms with van der Waals surface area (Å²) in [5.74, 6) is 1.13. The molecule has 2 aromatic rings. The van der Waals surface area contributed by atoms with Gasteiger partial charge >= 0.3 is 0 Å². The van der Waals surface area contributed by atoms with Crippen LogP contribution in [0.2, 0.25) is 0 Å². The zero-order valence-corrected chi connectivity index (χ0v) is 7.99. The molecule has 0 fully saturated rings. The number of hydrogen-bond donors (Lipinski definition) is 0.